The lowest BCUT2D eigenvalue weighted by Gasteiger charge is -2.49. The maximum atomic E-state index is 12.6. The molecule has 2 fully saturated rings. The number of amides is 1. The molecular formula is C32H58N2O16. The van der Waals surface area contributed by atoms with Crippen molar-refractivity contribution in [3.05, 3.63) is 0 Å². The Balaban J connectivity index is 2.20. The number of ether oxygens (including phenoxy) is 4. The highest BCUT2D eigenvalue weighted by Crippen LogP contribution is 2.37. The van der Waals surface area contributed by atoms with Gasteiger partial charge in [0, 0.05) is 19.8 Å². The van der Waals surface area contributed by atoms with Crippen molar-refractivity contribution in [2.45, 2.75) is 163 Å². The van der Waals surface area contributed by atoms with E-state index in [4.69, 9.17) is 24.7 Å². The van der Waals surface area contributed by atoms with Crippen LogP contribution in [-0.2, 0) is 33.3 Å². The van der Waals surface area contributed by atoms with E-state index in [-0.39, 0.29) is 6.61 Å². The first-order valence-electron chi connectivity index (χ1n) is 17.4. The zero-order valence-corrected chi connectivity index (χ0v) is 28.8. The van der Waals surface area contributed by atoms with Gasteiger partial charge in [0.25, 0.3) is 11.6 Å². The molecule has 2 aliphatic heterocycles. The number of unbranched alkanes of at least 4 members (excludes halogenated alkanes) is 9. The number of carboxylic acid groups (broad SMARTS) is 2. The fraction of sp³-hybridized carbons (Fsp3) is 0.906. The summed E-state index contributed by atoms with van der Waals surface area (Å²) in [6.07, 6.45) is -6.63. The zero-order chi connectivity index (χ0) is 37.6. The number of carbonyl (C=O) groups excluding carboxylic acids is 1. The quantitative estimate of drug-likeness (QED) is 0.0511. The number of nitrogens with one attached hydrogen (secondary N) is 1. The second-order valence-electron chi connectivity index (χ2n) is 13.2. The van der Waals surface area contributed by atoms with Gasteiger partial charge in [-0.25, -0.2) is 9.59 Å². The van der Waals surface area contributed by atoms with E-state index < -0.39 is 116 Å². The number of aliphatic hydroxyl groups is 7. The number of rotatable bonds is 23. The first-order chi connectivity index (χ1) is 23.6. The molecular weight excluding hydrogens is 668 g/mol. The van der Waals surface area contributed by atoms with E-state index >= 15 is 0 Å². The molecule has 1 amide bonds. The second kappa shape index (κ2) is 20.8. The van der Waals surface area contributed by atoms with E-state index in [1.807, 2.05) is 0 Å². The van der Waals surface area contributed by atoms with Crippen molar-refractivity contribution in [2.75, 3.05) is 19.8 Å². The van der Waals surface area contributed by atoms with E-state index in [0.29, 0.717) is 6.42 Å². The van der Waals surface area contributed by atoms with E-state index in [1.54, 1.807) is 0 Å². The minimum absolute atomic E-state index is 0.0692. The molecule has 18 heteroatoms. The fourth-order valence-electron chi connectivity index (χ4n) is 6.31. The lowest BCUT2D eigenvalue weighted by Crippen LogP contribution is -2.70. The van der Waals surface area contributed by atoms with Crippen LogP contribution in [0.5, 0.6) is 0 Å². The lowest BCUT2D eigenvalue weighted by molar-refractivity contribution is -0.345. The zero-order valence-electron chi connectivity index (χ0n) is 28.8. The van der Waals surface area contributed by atoms with Crippen molar-refractivity contribution in [2.24, 2.45) is 5.73 Å². The third-order valence-electron chi connectivity index (χ3n) is 9.21. The van der Waals surface area contributed by atoms with Gasteiger partial charge in [0.05, 0.1) is 44.1 Å². The minimum Gasteiger partial charge on any atom is -0.477 e. The first-order valence-corrected chi connectivity index (χ1v) is 17.4. The molecule has 12 atom stereocenters. The Kier molecular flexibility index (Phi) is 18.4. The number of nitrogens with two attached hydrogens (primary N) is 1. The Morgan fingerprint density at radius 1 is 0.800 bits per heavy atom. The number of aliphatic hydroxyl groups excluding tert-OH is 7. The van der Waals surface area contributed by atoms with Gasteiger partial charge in [-0.3, -0.25) is 4.79 Å². The Morgan fingerprint density at radius 3 is 1.82 bits per heavy atom. The van der Waals surface area contributed by atoms with Crippen LogP contribution in [0.25, 0.3) is 0 Å². The first kappa shape index (κ1) is 44.1. The molecule has 2 heterocycles. The molecule has 50 heavy (non-hydrogen) atoms. The van der Waals surface area contributed by atoms with E-state index in [1.165, 1.54) is 25.7 Å². The summed E-state index contributed by atoms with van der Waals surface area (Å²) < 4.78 is 22.4. The lowest BCUT2D eigenvalue weighted by atomic mass is 9.87. The maximum Gasteiger partial charge on any atom is 0.364 e. The molecule has 0 aromatic rings. The molecule has 0 aromatic heterocycles. The standard InChI is InChI=1S/C32H58N2O16/c1-3-4-5-6-7-8-9-10-11-12-13-47-31(29(43)44)14-19(38)23(33)27(49-31)26(42)22(17-36)48-32(30(45)46)15-20(39)24(34-18(2)37)28(50-32)25(41)21(40)16-35/h19-28,35-36,38-42H,3-17,33H2,1-2H3,(H,34,37)(H,43,44)(H,45,46)/t19-,20-,21+,22+,23+,24+,25+,26+,27+,28+,31+,32+/m0/s1. The average Bonchev–Trinajstić information content (AvgIpc) is 3.07. The summed E-state index contributed by atoms with van der Waals surface area (Å²) in [5.74, 6) is -9.70. The molecule has 0 radical (unpaired) electrons. The predicted molar refractivity (Wildman–Crippen MR) is 172 cm³/mol. The summed E-state index contributed by atoms with van der Waals surface area (Å²) in [4.78, 5) is 36.8. The van der Waals surface area contributed by atoms with Gasteiger partial charge in [0.1, 0.15) is 36.6 Å². The SMILES string of the molecule is CCCCCCCCCCCCO[C@]1(C(=O)O)C[C@H](O)[C@@H](N)[C@H]([C@H](O)[C@@H](CO)O[C@]2(C(=O)O)C[C@H](O)[C@@H](NC(C)=O)[C@H]([C@H](O)[C@H](O)CO)O2)O1. The molecule has 292 valence electrons. The van der Waals surface area contributed by atoms with E-state index in [9.17, 15) is 60.3 Å². The van der Waals surface area contributed by atoms with Crippen molar-refractivity contribution in [1.82, 2.24) is 5.32 Å². The largest absolute Gasteiger partial charge is 0.477 e. The van der Waals surface area contributed by atoms with Crippen LogP contribution in [0.4, 0.5) is 0 Å². The van der Waals surface area contributed by atoms with Crippen molar-refractivity contribution in [3.8, 4) is 0 Å². The highest BCUT2D eigenvalue weighted by Gasteiger charge is 2.59. The fourth-order valence-corrected chi connectivity index (χ4v) is 6.31. The summed E-state index contributed by atoms with van der Waals surface area (Å²) >= 11 is 0. The van der Waals surface area contributed by atoms with Crippen molar-refractivity contribution >= 4 is 17.8 Å². The number of carboxylic acids is 2. The topological polar surface area (TPSA) is 308 Å². The number of hydrogen-bond acceptors (Lipinski definition) is 15. The smallest absolute Gasteiger partial charge is 0.364 e. The van der Waals surface area contributed by atoms with Crippen molar-refractivity contribution in [3.63, 3.8) is 0 Å². The van der Waals surface area contributed by atoms with Gasteiger partial charge >= 0.3 is 11.9 Å². The summed E-state index contributed by atoms with van der Waals surface area (Å²) in [5.41, 5.74) is 6.09. The molecule has 0 aromatic carbocycles. The van der Waals surface area contributed by atoms with Gasteiger partial charge in [0.15, 0.2) is 0 Å². The van der Waals surface area contributed by atoms with Gasteiger partial charge in [-0.05, 0) is 6.42 Å². The Bertz CT molecular complexity index is 1060. The Labute approximate surface area is 291 Å². The van der Waals surface area contributed by atoms with Gasteiger partial charge in [-0.15, -0.1) is 0 Å². The summed E-state index contributed by atoms with van der Waals surface area (Å²) in [6, 6.07) is -2.99. The number of hydrogen-bond donors (Lipinski definition) is 11. The number of aliphatic carboxylic acids is 2. The monoisotopic (exact) mass is 726 g/mol. The molecule has 0 bridgehead atoms. The van der Waals surface area contributed by atoms with Gasteiger partial charge in [0.2, 0.25) is 5.91 Å². The van der Waals surface area contributed by atoms with Crippen LogP contribution in [0.1, 0.15) is 90.9 Å². The van der Waals surface area contributed by atoms with Gasteiger partial charge in [-0.1, -0.05) is 64.7 Å². The summed E-state index contributed by atoms with van der Waals surface area (Å²) in [6.45, 7) is 0.981. The molecule has 18 nitrogen and oxygen atoms in total. The highest BCUT2D eigenvalue weighted by atomic mass is 16.7. The summed E-state index contributed by atoms with van der Waals surface area (Å²) in [7, 11) is 0. The van der Waals surface area contributed by atoms with Crippen LogP contribution in [0.2, 0.25) is 0 Å². The highest BCUT2D eigenvalue weighted by molar-refractivity contribution is 5.77. The molecule has 2 saturated heterocycles. The average molecular weight is 727 g/mol. The van der Waals surface area contributed by atoms with Crippen LogP contribution in [0, 0.1) is 0 Å². The van der Waals surface area contributed by atoms with E-state index in [2.05, 4.69) is 12.2 Å². The van der Waals surface area contributed by atoms with Crippen molar-refractivity contribution in [1.29, 1.82) is 0 Å². The van der Waals surface area contributed by atoms with Crippen LogP contribution in [0.3, 0.4) is 0 Å². The summed E-state index contributed by atoms with van der Waals surface area (Å²) in [5, 5.41) is 95.8. The third-order valence-corrected chi connectivity index (χ3v) is 9.21. The normalized spacial score (nSPS) is 32.5. The maximum absolute atomic E-state index is 12.6. The molecule has 0 saturated carbocycles. The van der Waals surface area contributed by atoms with Gasteiger partial charge < -0.3 is 76.0 Å². The van der Waals surface area contributed by atoms with Crippen LogP contribution in [-0.4, -0.2) is 156 Å². The minimum atomic E-state index is -2.96. The van der Waals surface area contributed by atoms with Crippen LogP contribution < -0.4 is 11.1 Å². The number of carbonyl (C=O) groups is 3. The second-order valence-corrected chi connectivity index (χ2v) is 13.2. The Morgan fingerprint density at radius 2 is 1.32 bits per heavy atom. The molecule has 12 N–H and O–H groups in total. The molecule has 2 aliphatic rings. The molecule has 0 unspecified atom stereocenters. The van der Waals surface area contributed by atoms with Crippen molar-refractivity contribution < 1.29 is 79.3 Å². The molecule has 0 aliphatic carbocycles. The Hall–Kier alpha value is -2.07. The van der Waals surface area contributed by atoms with Crippen LogP contribution >= 0.6 is 0 Å². The molecule has 2 rings (SSSR count). The van der Waals surface area contributed by atoms with Gasteiger partial charge in [-0.2, -0.15) is 0 Å². The van der Waals surface area contributed by atoms with E-state index in [0.717, 1.165) is 39.0 Å². The predicted octanol–water partition coefficient (Wildman–Crippen LogP) is -1.93. The van der Waals surface area contributed by atoms with Crippen LogP contribution in [0.15, 0.2) is 0 Å². The third kappa shape index (κ3) is 11.7. The molecule has 0 spiro atoms.